The minimum absolute atomic E-state index is 0.218. The third-order valence-electron chi connectivity index (χ3n) is 4.86. The first-order valence-corrected chi connectivity index (χ1v) is 7.33. The summed E-state index contributed by atoms with van der Waals surface area (Å²) in [6.07, 6.45) is 5.31. The quantitative estimate of drug-likeness (QED) is 0.860. The van der Waals surface area contributed by atoms with E-state index < -0.39 is 5.60 Å². The molecule has 1 saturated heterocycles. The summed E-state index contributed by atoms with van der Waals surface area (Å²) in [7, 11) is 1.72. The molecular formula is C16H23NO2. The number of para-hydroxylation sites is 1. The van der Waals surface area contributed by atoms with E-state index in [2.05, 4.69) is 17.4 Å². The first-order chi connectivity index (χ1) is 9.24. The van der Waals surface area contributed by atoms with Crippen molar-refractivity contribution in [3.63, 3.8) is 0 Å². The Balaban J connectivity index is 1.94. The summed E-state index contributed by atoms with van der Waals surface area (Å²) in [5, 5.41) is 14.5. The second-order valence-electron chi connectivity index (χ2n) is 5.88. The average molecular weight is 261 g/mol. The Morgan fingerprint density at radius 3 is 2.95 bits per heavy atom. The molecule has 1 saturated carbocycles. The topological polar surface area (TPSA) is 41.5 Å². The lowest BCUT2D eigenvalue weighted by Crippen LogP contribution is -2.53. The number of hydrogen-bond acceptors (Lipinski definition) is 3. The molecule has 0 bridgehead atoms. The number of nitrogens with one attached hydrogen (secondary N) is 1. The van der Waals surface area contributed by atoms with Crippen LogP contribution in [0.25, 0.3) is 0 Å². The first-order valence-electron chi connectivity index (χ1n) is 7.33. The minimum Gasteiger partial charge on any atom is -0.496 e. The van der Waals surface area contributed by atoms with Crippen molar-refractivity contribution in [2.75, 3.05) is 13.7 Å². The normalized spacial score (nSPS) is 34.6. The Labute approximate surface area is 115 Å². The molecule has 19 heavy (non-hydrogen) atoms. The standard InChI is InChI=1S/C16H23NO2/c1-19-14-8-3-2-6-12(14)15-13-7-4-5-9-16(13,18)10-11-17-15/h2-3,6,8,13,15,17-18H,4-5,7,9-11H2,1H3. The average Bonchev–Trinajstić information content (AvgIpc) is 2.46. The van der Waals surface area contributed by atoms with E-state index in [0.717, 1.165) is 38.0 Å². The van der Waals surface area contributed by atoms with Crippen molar-refractivity contribution >= 4 is 0 Å². The summed E-state index contributed by atoms with van der Waals surface area (Å²) >= 11 is 0. The van der Waals surface area contributed by atoms with Gasteiger partial charge >= 0.3 is 0 Å². The molecule has 0 radical (unpaired) electrons. The van der Waals surface area contributed by atoms with Gasteiger partial charge in [-0.2, -0.15) is 0 Å². The fourth-order valence-corrected chi connectivity index (χ4v) is 3.87. The molecule has 2 fully saturated rings. The van der Waals surface area contributed by atoms with E-state index in [4.69, 9.17) is 4.74 Å². The fraction of sp³-hybridized carbons (Fsp3) is 0.625. The third-order valence-corrected chi connectivity index (χ3v) is 4.86. The van der Waals surface area contributed by atoms with Crippen LogP contribution >= 0.6 is 0 Å². The van der Waals surface area contributed by atoms with Gasteiger partial charge in [-0.1, -0.05) is 31.0 Å². The van der Waals surface area contributed by atoms with Gasteiger partial charge in [0.05, 0.1) is 12.7 Å². The molecule has 3 unspecified atom stereocenters. The number of ether oxygens (including phenoxy) is 1. The van der Waals surface area contributed by atoms with Gasteiger partial charge in [0, 0.05) is 17.5 Å². The van der Waals surface area contributed by atoms with Crippen molar-refractivity contribution in [2.45, 2.75) is 43.7 Å². The van der Waals surface area contributed by atoms with Crippen LogP contribution in [0.5, 0.6) is 5.75 Å². The Bertz CT molecular complexity index is 444. The lowest BCUT2D eigenvalue weighted by atomic mass is 9.66. The number of fused-ring (bicyclic) bond motifs is 1. The van der Waals surface area contributed by atoms with Gasteiger partial charge in [-0.25, -0.2) is 0 Å². The van der Waals surface area contributed by atoms with Crippen LogP contribution in [0.4, 0.5) is 0 Å². The number of methoxy groups -OCH3 is 1. The fourth-order valence-electron chi connectivity index (χ4n) is 3.87. The van der Waals surface area contributed by atoms with Gasteiger partial charge in [-0.15, -0.1) is 0 Å². The summed E-state index contributed by atoms with van der Waals surface area (Å²) in [5.74, 6) is 1.24. The highest BCUT2D eigenvalue weighted by molar-refractivity contribution is 5.37. The summed E-state index contributed by atoms with van der Waals surface area (Å²) in [5.41, 5.74) is 0.713. The molecule has 1 aromatic rings. The number of benzene rings is 1. The van der Waals surface area contributed by atoms with Crippen molar-refractivity contribution in [2.24, 2.45) is 5.92 Å². The highest BCUT2D eigenvalue weighted by Crippen LogP contribution is 2.47. The van der Waals surface area contributed by atoms with Crippen LogP contribution in [0.3, 0.4) is 0 Å². The van der Waals surface area contributed by atoms with Gasteiger partial charge in [-0.05, 0) is 31.9 Å². The number of hydrogen-bond donors (Lipinski definition) is 2. The van der Waals surface area contributed by atoms with Gasteiger partial charge in [0.2, 0.25) is 0 Å². The lowest BCUT2D eigenvalue weighted by Gasteiger charge is -2.48. The lowest BCUT2D eigenvalue weighted by molar-refractivity contribution is -0.0863. The Morgan fingerprint density at radius 1 is 1.26 bits per heavy atom. The van der Waals surface area contributed by atoms with Gasteiger partial charge in [0.15, 0.2) is 0 Å². The third kappa shape index (κ3) is 2.26. The van der Waals surface area contributed by atoms with E-state index >= 15 is 0 Å². The van der Waals surface area contributed by atoms with Crippen LogP contribution in [0.2, 0.25) is 0 Å². The second kappa shape index (κ2) is 5.14. The first kappa shape index (κ1) is 12.9. The molecule has 1 aliphatic heterocycles. The Morgan fingerprint density at radius 2 is 2.11 bits per heavy atom. The molecule has 2 aliphatic rings. The Kier molecular flexibility index (Phi) is 3.50. The molecule has 1 heterocycles. The molecule has 2 N–H and O–H groups in total. The molecule has 3 heteroatoms. The molecule has 3 rings (SSSR count). The zero-order valence-electron chi connectivity index (χ0n) is 11.6. The van der Waals surface area contributed by atoms with E-state index in [1.54, 1.807) is 7.11 Å². The van der Waals surface area contributed by atoms with Crippen molar-refractivity contribution in [1.82, 2.24) is 5.32 Å². The molecule has 3 atom stereocenters. The zero-order valence-corrected chi connectivity index (χ0v) is 11.6. The number of rotatable bonds is 2. The van der Waals surface area contributed by atoms with Gasteiger partial charge < -0.3 is 15.2 Å². The maximum absolute atomic E-state index is 10.9. The van der Waals surface area contributed by atoms with Gasteiger partial charge in [-0.3, -0.25) is 0 Å². The second-order valence-corrected chi connectivity index (χ2v) is 5.88. The maximum Gasteiger partial charge on any atom is 0.123 e. The van der Waals surface area contributed by atoms with Crippen molar-refractivity contribution in [3.8, 4) is 5.75 Å². The van der Waals surface area contributed by atoms with Gasteiger partial charge in [0.25, 0.3) is 0 Å². The summed E-state index contributed by atoms with van der Waals surface area (Å²) < 4.78 is 5.49. The molecule has 3 nitrogen and oxygen atoms in total. The molecule has 0 amide bonds. The maximum atomic E-state index is 10.9. The van der Waals surface area contributed by atoms with Crippen molar-refractivity contribution < 1.29 is 9.84 Å². The predicted molar refractivity (Wildman–Crippen MR) is 75.3 cm³/mol. The van der Waals surface area contributed by atoms with E-state index in [-0.39, 0.29) is 6.04 Å². The van der Waals surface area contributed by atoms with Crippen LogP contribution in [-0.4, -0.2) is 24.4 Å². The van der Waals surface area contributed by atoms with Crippen LogP contribution in [-0.2, 0) is 0 Å². The van der Waals surface area contributed by atoms with Crippen LogP contribution in [0, 0.1) is 5.92 Å². The van der Waals surface area contributed by atoms with Gasteiger partial charge in [0.1, 0.15) is 5.75 Å². The highest BCUT2D eigenvalue weighted by Gasteiger charge is 2.46. The predicted octanol–water partition coefficient (Wildman–Crippen LogP) is 2.65. The zero-order chi connectivity index (χ0) is 13.3. The molecule has 104 valence electrons. The van der Waals surface area contributed by atoms with Crippen LogP contribution in [0.1, 0.15) is 43.7 Å². The summed E-state index contributed by atoms with van der Waals surface area (Å²) in [6.45, 7) is 0.885. The molecule has 0 aromatic heterocycles. The van der Waals surface area contributed by atoms with E-state index in [9.17, 15) is 5.11 Å². The molecule has 0 spiro atoms. The minimum atomic E-state index is -0.477. The molecule has 1 aliphatic carbocycles. The van der Waals surface area contributed by atoms with Crippen LogP contribution in [0.15, 0.2) is 24.3 Å². The van der Waals surface area contributed by atoms with E-state index in [0.29, 0.717) is 5.92 Å². The van der Waals surface area contributed by atoms with Crippen LogP contribution < -0.4 is 10.1 Å². The summed E-state index contributed by atoms with van der Waals surface area (Å²) in [4.78, 5) is 0. The van der Waals surface area contributed by atoms with Crippen molar-refractivity contribution in [3.05, 3.63) is 29.8 Å². The molecular weight excluding hydrogens is 238 g/mol. The summed E-state index contributed by atoms with van der Waals surface area (Å²) in [6, 6.07) is 8.40. The largest absolute Gasteiger partial charge is 0.496 e. The molecule has 1 aromatic carbocycles. The highest BCUT2D eigenvalue weighted by atomic mass is 16.5. The number of aliphatic hydroxyl groups is 1. The number of piperidine rings is 1. The monoisotopic (exact) mass is 261 g/mol. The SMILES string of the molecule is COc1ccccc1C1NCCC2(O)CCCCC12. The smallest absolute Gasteiger partial charge is 0.123 e. The van der Waals surface area contributed by atoms with E-state index in [1.807, 2.05) is 12.1 Å². The van der Waals surface area contributed by atoms with E-state index in [1.165, 1.54) is 12.0 Å². The Hall–Kier alpha value is -1.06. The van der Waals surface area contributed by atoms with Crippen molar-refractivity contribution in [1.29, 1.82) is 0 Å².